The number of non-ortho nitro benzene ring substituents is 1. The molecule has 0 unspecified atom stereocenters. The molecule has 0 saturated carbocycles. The third-order valence-electron chi connectivity index (χ3n) is 4.53. The van der Waals surface area contributed by atoms with Crippen molar-refractivity contribution >= 4 is 22.5 Å². The average Bonchev–Trinajstić information content (AvgIpc) is 3.08. The van der Waals surface area contributed by atoms with Crippen LogP contribution in [-0.4, -0.2) is 27.3 Å². The lowest BCUT2D eigenvalue weighted by Crippen LogP contribution is -2.36. The fraction of sp³-hybridized carbons (Fsp3) is 0.167. The Labute approximate surface area is 137 Å². The summed E-state index contributed by atoms with van der Waals surface area (Å²) in [4.78, 5) is 28.3. The molecule has 3 aromatic rings. The van der Waals surface area contributed by atoms with E-state index in [1.165, 1.54) is 6.07 Å². The maximum Gasteiger partial charge on any atom is 0.269 e. The Morgan fingerprint density at radius 3 is 2.88 bits per heavy atom. The molecule has 0 atom stereocenters. The highest BCUT2D eigenvalue weighted by Gasteiger charge is 2.24. The summed E-state index contributed by atoms with van der Waals surface area (Å²) in [6.45, 7) is 1.01. The van der Waals surface area contributed by atoms with E-state index in [1.54, 1.807) is 17.0 Å². The molecule has 0 bridgehead atoms. The largest absolute Gasteiger partial charge is 0.361 e. The third kappa shape index (κ3) is 2.32. The minimum atomic E-state index is -0.401. The van der Waals surface area contributed by atoms with Gasteiger partial charge >= 0.3 is 0 Å². The van der Waals surface area contributed by atoms with Crippen molar-refractivity contribution in [2.24, 2.45) is 0 Å². The molecule has 24 heavy (non-hydrogen) atoms. The van der Waals surface area contributed by atoms with Crippen LogP contribution in [0.3, 0.4) is 0 Å². The lowest BCUT2D eigenvalue weighted by atomic mass is 9.98. The zero-order valence-corrected chi connectivity index (χ0v) is 12.9. The lowest BCUT2D eigenvalue weighted by Gasteiger charge is -2.29. The molecule has 1 aliphatic rings. The summed E-state index contributed by atoms with van der Waals surface area (Å²) in [5.41, 5.74) is 3.57. The maximum atomic E-state index is 12.9. The molecule has 6 heteroatoms. The Kier molecular flexibility index (Phi) is 3.30. The van der Waals surface area contributed by atoms with Gasteiger partial charge in [0.2, 0.25) is 0 Å². The van der Waals surface area contributed by atoms with Crippen LogP contribution in [0.5, 0.6) is 0 Å². The number of hydrogen-bond donors (Lipinski definition) is 1. The zero-order chi connectivity index (χ0) is 16.7. The van der Waals surface area contributed by atoms with Crippen LogP contribution in [-0.2, 0) is 13.0 Å². The highest BCUT2D eigenvalue weighted by molar-refractivity contribution is 6.06. The van der Waals surface area contributed by atoms with Crippen LogP contribution in [0.1, 0.15) is 21.5 Å². The highest BCUT2D eigenvalue weighted by atomic mass is 16.6. The summed E-state index contributed by atoms with van der Waals surface area (Å²) < 4.78 is 0. The van der Waals surface area contributed by atoms with Gasteiger partial charge in [0, 0.05) is 47.9 Å². The second-order valence-electron chi connectivity index (χ2n) is 5.93. The monoisotopic (exact) mass is 321 g/mol. The van der Waals surface area contributed by atoms with E-state index in [0.717, 1.165) is 22.0 Å². The first-order chi connectivity index (χ1) is 11.6. The molecule has 6 nitrogen and oxygen atoms in total. The Morgan fingerprint density at radius 1 is 1.17 bits per heavy atom. The summed E-state index contributed by atoms with van der Waals surface area (Å²) in [6, 6.07) is 12.4. The van der Waals surface area contributed by atoms with Crippen LogP contribution < -0.4 is 0 Å². The molecular weight excluding hydrogens is 306 g/mol. The summed E-state index contributed by atoms with van der Waals surface area (Å²) in [6.07, 6.45) is 2.53. The van der Waals surface area contributed by atoms with Crippen LogP contribution in [0.25, 0.3) is 10.9 Å². The molecule has 0 aliphatic carbocycles. The summed E-state index contributed by atoms with van der Waals surface area (Å²) in [5.74, 6) is -0.0441. The number of carbonyl (C=O) groups is 1. The molecule has 0 saturated heterocycles. The number of amides is 1. The van der Waals surface area contributed by atoms with E-state index in [4.69, 9.17) is 0 Å². The highest BCUT2D eigenvalue weighted by Crippen LogP contribution is 2.26. The van der Waals surface area contributed by atoms with Crippen molar-refractivity contribution in [3.63, 3.8) is 0 Å². The fourth-order valence-corrected chi connectivity index (χ4v) is 3.27. The summed E-state index contributed by atoms with van der Waals surface area (Å²) in [5, 5.41) is 11.9. The van der Waals surface area contributed by atoms with E-state index in [2.05, 4.69) is 4.98 Å². The Morgan fingerprint density at radius 2 is 2.04 bits per heavy atom. The molecule has 120 valence electrons. The van der Waals surface area contributed by atoms with E-state index in [-0.39, 0.29) is 11.6 Å². The van der Waals surface area contributed by atoms with Gasteiger partial charge in [-0.1, -0.05) is 12.1 Å². The normalized spacial score (nSPS) is 13.8. The van der Waals surface area contributed by atoms with E-state index in [9.17, 15) is 14.9 Å². The van der Waals surface area contributed by atoms with Gasteiger partial charge in [0.25, 0.3) is 11.6 Å². The smallest absolute Gasteiger partial charge is 0.269 e. The number of hydrogen-bond acceptors (Lipinski definition) is 3. The van der Waals surface area contributed by atoms with Gasteiger partial charge < -0.3 is 9.88 Å². The fourth-order valence-electron chi connectivity index (χ4n) is 3.27. The number of nitrogens with zero attached hydrogens (tertiary/aromatic N) is 2. The summed E-state index contributed by atoms with van der Waals surface area (Å²) in [7, 11) is 0. The topological polar surface area (TPSA) is 79.2 Å². The van der Waals surface area contributed by atoms with Gasteiger partial charge in [0.1, 0.15) is 0 Å². The first-order valence-electron chi connectivity index (χ1n) is 7.75. The number of aromatic nitrogens is 1. The van der Waals surface area contributed by atoms with Crippen LogP contribution in [0.2, 0.25) is 0 Å². The standard InChI is InChI=1S/C18H15N3O3/c22-18(16-2-1-3-17-15(16)6-8-19-17)20-9-7-12-4-5-14(21(23)24)10-13(12)11-20/h1-6,8,10,19H,7,9,11H2. The third-order valence-corrected chi connectivity index (χ3v) is 4.53. The number of benzene rings is 2. The molecule has 2 heterocycles. The van der Waals surface area contributed by atoms with Gasteiger partial charge in [0.15, 0.2) is 0 Å². The van der Waals surface area contributed by atoms with Gasteiger partial charge in [-0.05, 0) is 35.7 Å². The number of nitro groups is 1. The molecule has 0 spiro atoms. The first-order valence-corrected chi connectivity index (χ1v) is 7.75. The van der Waals surface area contributed by atoms with E-state index in [0.29, 0.717) is 25.1 Å². The van der Waals surface area contributed by atoms with Gasteiger partial charge in [-0.2, -0.15) is 0 Å². The Hall–Kier alpha value is -3.15. The van der Waals surface area contributed by atoms with E-state index in [1.807, 2.05) is 30.5 Å². The van der Waals surface area contributed by atoms with Crippen molar-refractivity contribution in [2.75, 3.05) is 6.54 Å². The molecular formula is C18H15N3O3. The Bertz CT molecular complexity index is 961. The number of nitrogens with one attached hydrogen (secondary N) is 1. The molecule has 2 aromatic carbocycles. The number of fused-ring (bicyclic) bond motifs is 2. The lowest BCUT2D eigenvalue weighted by molar-refractivity contribution is -0.385. The number of rotatable bonds is 2. The predicted octanol–water partition coefficient (Wildman–Crippen LogP) is 3.27. The molecule has 1 aliphatic heterocycles. The molecule has 0 radical (unpaired) electrons. The van der Waals surface area contributed by atoms with Crippen LogP contribution in [0.4, 0.5) is 5.69 Å². The van der Waals surface area contributed by atoms with Gasteiger partial charge in [0.05, 0.1) is 4.92 Å². The van der Waals surface area contributed by atoms with Gasteiger partial charge in [-0.25, -0.2) is 0 Å². The molecule has 0 fully saturated rings. The van der Waals surface area contributed by atoms with Crippen LogP contribution in [0, 0.1) is 10.1 Å². The molecule has 1 aromatic heterocycles. The van der Waals surface area contributed by atoms with E-state index >= 15 is 0 Å². The quantitative estimate of drug-likeness (QED) is 0.581. The molecule has 4 rings (SSSR count). The average molecular weight is 321 g/mol. The summed E-state index contributed by atoms with van der Waals surface area (Å²) >= 11 is 0. The van der Waals surface area contributed by atoms with Gasteiger partial charge in [-0.15, -0.1) is 0 Å². The van der Waals surface area contributed by atoms with Crippen molar-refractivity contribution in [1.29, 1.82) is 0 Å². The number of aromatic amines is 1. The Balaban J connectivity index is 1.66. The van der Waals surface area contributed by atoms with Crippen LogP contribution in [0.15, 0.2) is 48.7 Å². The molecule has 1 amide bonds. The van der Waals surface area contributed by atoms with Crippen LogP contribution >= 0.6 is 0 Å². The number of nitro benzene ring substituents is 1. The van der Waals surface area contributed by atoms with Crippen molar-refractivity contribution in [1.82, 2.24) is 9.88 Å². The first kappa shape index (κ1) is 14.4. The van der Waals surface area contributed by atoms with E-state index < -0.39 is 4.92 Å². The maximum absolute atomic E-state index is 12.9. The van der Waals surface area contributed by atoms with Crippen molar-refractivity contribution < 1.29 is 9.72 Å². The van der Waals surface area contributed by atoms with Gasteiger partial charge in [-0.3, -0.25) is 14.9 Å². The van der Waals surface area contributed by atoms with Crippen molar-refractivity contribution in [3.05, 3.63) is 75.5 Å². The predicted molar refractivity (Wildman–Crippen MR) is 89.8 cm³/mol. The minimum absolute atomic E-state index is 0.0441. The van der Waals surface area contributed by atoms with Crippen molar-refractivity contribution in [2.45, 2.75) is 13.0 Å². The number of carbonyl (C=O) groups excluding carboxylic acids is 1. The van der Waals surface area contributed by atoms with Crippen molar-refractivity contribution in [3.8, 4) is 0 Å². The molecule has 1 N–H and O–H groups in total. The number of H-pyrrole nitrogens is 1. The zero-order valence-electron chi connectivity index (χ0n) is 12.9. The second kappa shape index (κ2) is 5.49. The SMILES string of the molecule is O=C(c1cccc2[nH]ccc12)N1CCc2ccc([N+](=O)[O-])cc2C1. The minimum Gasteiger partial charge on any atom is -0.361 e. The second-order valence-corrected chi connectivity index (χ2v) is 5.93.